The summed E-state index contributed by atoms with van der Waals surface area (Å²) < 4.78 is 0. The zero-order valence-electron chi connectivity index (χ0n) is 11.5. The molecule has 6 nitrogen and oxygen atoms in total. The van der Waals surface area contributed by atoms with Gasteiger partial charge < -0.3 is 15.5 Å². The average molecular weight is 353 g/mol. The van der Waals surface area contributed by atoms with Gasteiger partial charge in [0.2, 0.25) is 0 Å². The molecule has 0 aliphatic carbocycles. The van der Waals surface area contributed by atoms with Crippen LogP contribution < -0.4 is 5.32 Å². The van der Waals surface area contributed by atoms with Gasteiger partial charge in [0.05, 0.1) is 38.9 Å². The molecule has 0 unspecified atom stereocenters. The lowest BCUT2D eigenvalue weighted by atomic mass is 10.2. The minimum Gasteiger partial charge on any atom is -0.478 e. The Morgan fingerprint density at radius 1 is 0.957 bits per heavy atom. The summed E-state index contributed by atoms with van der Waals surface area (Å²) in [6, 6.07) is 8.38. The maximum Gasteiger partial charge on any atom is 0.335 e. The van der Waals surface area contributed by atoms with Crippen LogP contribution in [-0.2, 0) is 0 Å². The number of anilines is 1. The van der Waals surface area contributed by atoms with Gasteiger partial charge in [-0.3, -0.25) is 0 Å². The fourth-order valence-electron chi connectivity index (χ4n) is 1.68. The van der Waals surface area contributed by atoms with Crippen molar-refractivity contribution in [2.45, 2.75) is 0 Å². The second kappa shape index (κ2) is 7.13. The first kappa shape index (κ1) is 16.8. The average Bonchev–Trinajstić information content (AvgIpc) is 2.49. The van der Waals surface area contributed by atoms with E-state index in [1.54, 1.807) is 0 Å². The van der Waals surface area contributed by atoms with Crippen LogP contribution in [-0.4, -0.2) is 28.5 Å². The first-order valence-corrected chi connectivity index (χ1v) is 6.99. The second-order valence-corrected chi connectivity index (χ2v) is 5.19. The predicted octanol–water partition coefficient (Wildman–Crippen LogP) is 4.16. The molecule has 2 rings (SSSR count). The van der Waals surface area contributed by atoms with Gasteiger partial charge in [-0.05, 0) is 36.4 Å². The van der Waals surface area contributed by atoms with Crippen LogP contribution in [0.15, 0.2) is 41.4 Å². The van der Waals surface area contributed by atoms with E-state index in [-0.39, 0.29) is 21.2 Å². The Balaban J connectivity index is 2.13. The Morgan fingerprint density at radius 3 is 2.04 bits per heavy atom. The third-order valence-corrected chi connectivity index (χ3v) is 3.45. The Hall–Kier alpha value is -2.57. The van der Waals surface area contributed by atoms with Crippen molar-refractivity contribution in [2.75, 3.05) is 5.32 Å². The smallest absolute Gasteiger partial charge is 0.335 e. The number of hydrogen-bond donors (Lipinski definition) is 3. The molecule has 118 valence electrons. The second-order valence-electron chi connectivity index (χ2n) is 4.37. The van der Waals surface area contributed by atoms with Crippen LogP contribution in [0.25, 0.3) is 0 Å². The number of aliphatic imine (C=N–C) groups is 1. The Morgan fingerprint density at radius 2 is 1.52 bits per heavy atom. The van der Waals surface area contributed by atoms with Crippen molar-refractivity contribution in [3.05, 3.63) is 57.6 Å². The fraction of sp³-hybridized carbons (Fsp3) is 0. The first-order valence-electron chi connectivity index (χ1n) is 6.23. The highest BCUT2D eigenvalue weighted by atomic mass is 35.5. The van der Waals surface area contributed by atoms with Gasteiger partial charge in [-0.25, -0.2) is 14.6 Å². The van der Waals surface area contributed by atoms with Crippen LogP contribution in [0.4, 0.5) is 11.4 Å². The summed E-state index contributed by atoms with van der Waals surface area (Å²) in [5.74, 6) is -2.15. The number of benzene rings is 2. The Kier molecular flexibility index (Phi) is 5.20. The molecule has 0 saturated carbocycles. The van der Waals surface area contributed by atoms with Gasteiger partial charge in [0.15, 0.2) is 0 Å². The van der Waals surface area contributed by atoms with Crippen molar-refractivity contribution in [3.63, 3.8) is 0 Å². The van der Waals surface area contributed by atoms with E-state index >= 15 is 0 Å². The molecule has 0 spiro atoms. The van der Waals surface area contributed by atoms with Crippen molar-refractivity contribution >= 4 is 52.9 Å². The zero-order valence-corrected chi connectivity index (χ0v) is 13.0. The van der Waals surface area contributed by atoms with Gasteiger partial charge in [-0.15, -0.1) is 0 Å². The summed E-state index contributed by atoms with van der Waals surface area (Å²) in [4.78, 5) is 25.7. The van der Waals surface area contributed by atoms with Crippen LogP contribution in [0.2, 0.25) is 10.0 Å². The van der Waals surface area contributed by atoms with Crippen molar-refractivity contribution in [3.8, 4) is 0 Å². The van der Waals surface area contributed by atoms with E-state index in [4.69, 9.17) is 33.4 Å². The summed E-state index contributed by atoms with van der Waals surface area (Å²) in [5, 5.41) is 20.9. The minimum absolute atomic E-state index is 0.0641. The quantitative estimate of drug-likeness (QED) is 0.554. The molecular weight excluding hydrogens is 343 g/mol. The van der Waals surface area contributed by atoms with Gasteiger partial charge >= 0.3 is 11.9 Å². The normalized spacial score (nSPS) is 10.7. The molecule has 0 amide bonds. The van der Waals surface area contributed by atoms with Gasteiger partial charge in [0.25, 0.3) is 0 Å². The van der Waals surface area contributed by atoms with E-state index in [2.05, 4.69) is 10.3 Å². The van der Waals surface area contributed by atoms with E-state index in [0.717, 1.165) is 0 Å². The SMILES string of the molecule is O=C(O)c1ccc(/N=C/Nc2ccc(C(=O)O)cc2Cl)c(Cl)c1. The molecule has 8 heteroatoms. The molecular formula is C15H10Cl2N2O4. The fourth-order valence-corrected chi connectivity index (χ4v) is 2.15. The molecule has 2 aromatic carbocycles. The topological polar surface area (TPSA) is 99.0 Å². The lowest BCUT2D eigenvalue weighted by molar-refractivity contribution is 0.0686. The lowest BCUT2D eigenvalue weighted by Gasteiger charge is -2.05. The molecule has 0 aromatic heterocycles. The molecule has 0 saturated heterocycles. The number of carbonyl (C=O) groups is 2. The summed E-state index contributed by atoms with van der Waals surface area (Å²) in [5.41, 5.74) is 0.986. The van der Waals surface area contributed by atoms with Crippen LogP contribution in [0.5, 0.6) is 0 Å². The van der Waals surface area contributed by atoms with Crippen molar-refractivity contribution in [1.29, 1.82) is 0 Å². The molecule has 0 radical (unpaired) electrons. The van der Waals surface area contributed by atoms with E-state index in [9.17, 15) is 9.59 Å². The standard InChI is InChI=1S/C15H10Cl2N2O4/c16-10-5-8(14(20)21)1-3-12(10)18-7-19-13-4-2-9(15(22)23)6-11(13)17/h1-7H,(H,18,19)(H,20,21)(H,22,23). The van der Waals surface area contributed by atoms with E-state index < -0.39 is 11.9 Å². The molecule has 0 bridgehead atoms. The van der Waals surface area contributed by atoms with Crippen LogP contribution >= 0.6 is 23.2 Å². The summed E-state index contributed by atoms with van der Waals surface area (Å²) in [6.45, 7) is 0. The highest BCUT2D eigenvalue weighted by Gasteiger charge is 2.07. The highest BCUT2D eigenvalue weighted by Crippen LogP contribution is 2.26. The lowest BCUT2D eigenvalue weighted by Crippen LogP contribution is -1.99. The first-order chi connectivity index (χ1) is 10.9. The van der Waals surface area contributed by atoms with Gasteiger partial charge in [-0.2, -0.15) is 0 Å². The summed E-state index contributed by atoms with van der Waals surface area (Å²) in [6.07, 6.45) is 1.32. The van der Waals surface area contributed by atoms with Crippen molar-refractivity contribution in [1.82, 2.24) is 0 Å². The predicted molar refractivity (Wildman–Crippen MR) is 88.6 cm³/mol. The number of carboxylic acid groups (broad SMARTS) is 2. The summed E-state index contributed by atoms with van der Waals surface area (Å²) >= 11 is 11.9. The molecule has 2 aromatic rings. The van der Waals surface area contributed by atoms with Crippen molar-refractivity contribution in [2.24, 2.45) is 4.99 Å². The molecule has 0 aliphatic rings. The number of rotatable bonds is 5. The number of aromatic carboxylic acids is 2. The Bertz CT molecular complexity index is 806. The van der Waals surface area contributed by atoms with Crippen LogP contribution in [0, 0.1) is 0 Å². The zero-order chi connectivity index (χ0) is 17.0. The number of carboxylic acids is 2. The van der Waals surface area contributed by atoms with Gasteiger partial charge in [0, 0.05) is 0 Å². The van der Waals surface area contributed by atoms with Crippen molar-refractivity contribution < 1.29 is 19.8 Å². The van der Waals surface area contributed by atoms with Gasteiger partial charge in [0.1, 0.15) is 0 Å². The largest absolute Gasteiger partial charge is 0.478 e. The molecule has 0 aliphatic heterocycles. The van der Waals surface area contributed by atoms with Crippen LogP contribution in [0.1, 0.15) is 20.7 Å². The van der Waals surface area contributed by atoms with E-state index in [1.165, 1.54) is 42.7 Å². The summed E-state index contributed by atoms with van der Waals surface area (Å²) in [7, 11) is 0. The third kappa shape index (κ3) is 4.21. The number of nitrogens with zero attached hydrogens (tertiary/aromatic N) is 1. The maximum atomic E-state index is 10.8. The monoisotopic (exact) mass is 352 g/mol. The molecule has 0 fully saturated rings. The molecule has 3 N–H and O–H groups in total. The Labute approximate surface area is 141 Å². The molecule has 0 heterocycles. The number of hydrogen-bond acceptors (Lipinski definition) is 3. The molecule has 23 heavy (non-hydrogen) atoms. The minimum atomic E-state index is -1.08. The molecule has 0 atom stereocenters. The van der Waals surface area contributed by atoms with E-state index in [1.807, 2.05) is 0 Å². The maximum absolute atomic E-state index is 10.8. The highest BCUT2D eigenvalue weighted by molar-refractivity contribution is 6.34. The third-order valence-electron chi connectivity index (χ3n) is 2.83. The number of halogens is 2. The van der Waals surface area contributed by atoms with Crippen LogP contribution in [0.3, 0.4) is 0 Å². The van der Waals surface area contributed by atoms with Gasteiger partial charge in [-0.1, -0.05) is 23.2 Å². The number of nitrogens with one attached hydrogen (secondary N) is 1. The van der Waals surface area contributed by atoms with E-state index in [0.29, 0.717) is 11.4 Å².